The average molecular weight is 266 g/mol. The van der Waals surface area contributed by atoms with Crippen LogP contribution in [-0.4, -0.2) is 33.1 Å². The van der Waals surface area contributed by atoms with Crippen molar-refractivity contribution in [2.75, 3.05) is 5.32 Å². The lowest BCUT2D eigenvalue weighted by molar-refractivity contribution is 0.0955. The summed E-state index contributed by atoms with van der Waals surface area (Å²) >= 11 is 0. The van der Waals surface area contributed by atoms with Gasteiger partial charge in [0.2, 0.25) is 0 Å². The second-order valence-corrected chi connectivity index (χ2v) is 5.36. The van der Waals surface area contributed by atoms with Gasteiger partial charge >= 0.3 is 6.03 Å². The Morgan fingerprint density at radius 2 is 2.21 bits per heavy atom. The first-order valence-electron chi connectivity index (χ1n) is 6.86. The SMILES string of the molecule is CC(C)n1cc(NC(=O)NC2CCCCC2O)cn1. The first-order valence-corrected chi connectivity index (χ1v) is 6.86. The molecule has 0 radical (unpaired) electrons. The van der Waals surface area contributed by atoms with Gasteiger partial charge in [0.15, 0.2) is 0 Å². The van der Waals surface area contributed by atoms with Crippen molar-refractivity contribution >= 4 is 11.7 Å². The highest BCUT2D eigenvalue weighted by Crippen LogP contribution is 2.18. The first kappa shape index (κ1) is 13.9. The van der Waals surface area contributed by atoms with Gasteiger partial charge in [-0.15, -0.1) is 0 Å². The van der Waals surface area contributed by atoms with Crippen molar-refractivity contribution in [3.8, 4) is 0 Å². The monoisotopic (exact) mass is 266 g/mol. The Morgan fingerprint density at radius 1 is 1.47 bits per heavy atom. The molecular weight excluding hydrogens is 244 g/mol. The third-order valence-corrected chi connectivity index (χ3v) is 3.43. The number of hydrogen-bond acceptors (Lipinski definition) is 3. The van der Waals surface area contributed by atoms with Crippen molar-refractivity contribution in [3.05, 3.63) is 12.4 Å². The van der Waals surface area contributed by atoms with Crippen molar-refractivity contribution < 1.29 is 9.90 Å². The van der Waals surface area contributed by atoms with E-state index >= 15 is 0 Å². The van der Waals surface area contributed by atoms with Crippen LogP contribution >= 0.6 is 0 Å². The lowest BCUT2D eigenvalue weighted by Crippen LogP contribution is -2.46. The number of aliphatic hydroxyl groups is 1. The molecule has 1 aliphatic rings. The molecule has 2 rings (SSSR count). The van der Waals surface area contributed by atoms with Crippen molar-refractivity contribution in [2.45, 2.75) is 57.7 Å². The van der Waals surface area contributed by atoms with Crippen LogP contribution in [0.1, 0.15) is 45.6 Å². The van der Waals surface area contributed by atoms with Crippen LogP contribution in [-0.2, 0) is 0 Å². The molecule has 2 unspecified atom stereocenters. The van der Waals surface area contributed by atoms with E-state index in [1.165, 1.54) is 0 Å². The molecule has 0 spiro atoms. The van der Waals surface area contributed by atoms with Gasteiger partial charge in [-0.1, -0.05) is 12.8 Å². The van der Waals surface area contributed by atoms with Crippen LogP contribution in [0.2, 0.25) is 0 Å². The van der Waals surface area contributed by atoms with E-state index < -0.39 is 6.10 Å². The van der Waals surface area contributed by atoms with Gasteiger partial charge in [0, 0.05) is 12.2 Å². The third-order valence-electron chi connectivity index (χ3n) is 3.43. The van der Waals surface area contributed by atoms with E-state index in [9.17, 15) is 9.90 Å². The van der Waals surface area contributed by atoms with Gasteiger partial charge in [0.1, 0.15) is 0 Å². The minimum atomic E-state index is -0.433. The molecule has 2 atom stereocenters. The van der Waals surface area contributed by atoms with Crippen LogP contribution in [0, 0.1) is 0 Å². The highest BCUT2D eigenvalue weighted by Gasteiger charge is 2.24. The quantitative estimate of drug-likeness (QED) is 0.781. The summed E-state index contributed by atoms with van der Waals surface area (Å²) in [5, 5.41) is 19.5. The summed E-state index contributed by atoms with van der Waals surface area (Å²) in [6, 6.07) is -0.165. The molecule has 6 nitrogen and oxygen atoms in total. The molecule has 0 aliphatic heterocycles. The molecule has 3 N–H and O–H groups in total. The van der Waals surface area contributed by atoms with Gasteiger partial charge in [0.05, 0.1) is 24.0 Å². The summed E-state index contributed by atoms with van der Waals surface area (Å²) in [5.74, 6) is 0. The number of carbonyl (C=O) groups excluding carboxylic acids is 1. The zero-order chi connectivity index (χ0) is 13.8. The molecule has 1 aromatic heterocycles. The summed E-state index contributed by atoms with van der Waals surface area (Å²) in [4.78, 5) is 11.8. The molecule has 1 saturated carbocycles. The Hall–Kier alpha value is -1.56. The maximum Gasteiger partial charge on any atom is 0.319 e. The number of carbonyl (C=O) groups is 1. The van der Waals surface area contributed by atoms with Gasteiger partial charge < -0.3 is 15.7 Å². The lowest BCUT2D eigenvalue weighted by atomic mass is 9.93. The molecule has 1 aromatic rings. The van der Waals surface area contributed by atoms with Crippen LogP contribution < -0.4 is 10.6 Å². The molecule has 0 saturated heterocycles. The molecule has 6 heteroatoms. The Labute approximate surface area is 113 Å². The van der Waals surface area contributed by atoms with Gasteiger partial charge in [-0.2, -0.15) is 5.10 Å². The molecule has 1 aliphatic carbocycles. The fourth-order valence-corrected chi connectivity index (χ4v) is 2.30. The minimum Gasteiger partial charge on any atom is -0.391 e. The highest BCUT2D eigenvalue weighted by molar-refractivity contribution is 5.89. The summed E-state index contributed by atoms with van der Waals surface area (Å²) in [7, 11) is 0. The van der Waals surface area contributed by atoms with Crippen LogP contribution in [0.4, 0.5) is 10.5 Å². The number of aromatic nitrogens is 2. The standard InChI is InChI=1S/C13H22N4O2/c1-9(2)17-8-10(7-14-17)15-13(19)16-11-5-3-4-6-12(11)18/h7-9,11-12,18H,3-6H2,1-2H3,(H2,15,16,19). The maximum atomic E-state index is 11.8. The van der Waals surface area contributed by atoms with E-state index in [2.05, 4.69) is 15.7 Å². The summed E-state index contributed by atoms with van der Waals surface area (Å²) in [6.45, 7) is 4.05. The number of nitrogens with one attached hydrogen (secondary N) is 2. The molecule has 1 fully saturated rings. The van der Waals surface area contributed by atoms with E-state index in [-0.39, 0.29) is 18.1 Å². The smallest absolute Gasteiger partial charge is 0.319 e. The maximum absolute atomic E-state index is 11.8. The zero-order valence-electron chi connectivity index (χ0n) is 11.5. The Morgan fingerprint density at radius 3 is 2.84 bits per heavy atom. The fraction of sp³-hybridized carbons (Fsp3) is 0.692. The van der Waals surface area contributed by atoms with Crippen molar-refractivity contribution in [1.82, 2.24) is 15.1 Å². The predicted molar refractivity (Wildman–Crippen MR) is 73.0 cm³/mol. The van der Waals surface area contributed by atoms with Crippen molar-refractivity contribution in [2.24, 2.45) is 0 Å². The van der Waals surface area contributed by atoms with E-state index in [4.69, 9.17) is 0 Å². The summed E-state index contributed by atoms with van der Waals surface area (Å²) < 4.78 is 1.78. The number of hydrogen-bond donors (Lipinski definition) is 3. The minimum absolute atomic E-state index is 0.145. The molecule has 19 heavy (non-hydrogen) atoms. The molecule has 0 aromatic carbocycles. The average Bonchev–Trinajstić information content (AvgIpc) is 2.80. The molecule has 106 valence electrons. The van der Waals surface area contributed by atoms with E-state index in [0.717, 1.165) is 25.7 Å². The number of nitrogens with zero attached hydrogens (tertiary/aromatic N) is 2. The van der Waals surface area contributed by atoms with Crippen LogP contribution in [0.3, 0.4) is 0 Å². The number of anilines is 1. The fourth-order valence-electron chi connectivity index (χ4n) is 2.30. The van der Waals surface area contributed by atoms with Crippen LogP contribution in [0.25, 0.3) is 0 Å². The lowest BCUT2D eigenvalue weighted by Gasteiger charge is -2.28. The number of rotatable bonds is 3. The van der Waals surface area contributed by atoms with E-state index in [0.29, 0.717) is 5.69 Å². The number of urea groups is 1. The van der Waals surface area contributed by atoms with Crippen molar-refractivity contribution in [3.63, 3.8) is 0 Å². The molecular formula is C13H22N4O2. The molecule has 0 bridgehead atoms. The second kappa shape index (κ2) is 6.06. The Kier molecular flexibility index (Phi) is 4.42. The van der Waals surface area contributed by atoms with E-state index in [1.54, 1.807) is 17.1 Å². The zero-order valence-corrected chi connectivity index (χ0v) is 11.5. The largest absolute Gasteiger partial charge is 0.391 e. The van der Waals surface area contributed by atoms with Gasteiger partial charge in [-0.3, -0.25) is 4.68 Å². The summed E-state index contributed by atoms with van der Waals surface area (Å²) in [6.07, 6.45) is 6.65. The molecule has 1 heterocycles. The number of amides is 2. The topological polar surface area (TPSA) is 79.2 Å². The van der Waals surface area contributed by atoms with Crippen LogP contribution in [0.15, 0.2) is 12.4 Å². The summed E-state index contributed by atoms with van der Waals surface area (Å²) in [5.41, 5.74) is 0.663. The normalized spacial score (nSPS) is 23.4. The number of aliphatic hydroxyl groups excluding tert-OH is 1. The van der Waals surface area contributed by atoms with Gasteiger partial charge in [-0.05, 0) is 26.7 Å². The first-order chi connectivity index (χ1) is 9.06. The van der Waals surface area contributed by atoms with Gasteiger partial charge in [0.25, 0.3) is 0 Å². The Balaban J connectivity index is 1.86. The van der Waals surface area contributed by atoms with Gasteiger partial charge in [-0.25, -0.2) is 4.79 Å². The third kappa shape index (κ3) is 3.70. The van der Waals surface area contributed by atoms with Crippen LogP contribution in [0.5, 0.6) is 0 Å². The molecule has 2 amide bonds. The predicted octanol–water partition coefficient (Wildman–Crippen LogP) is 1.89. The second-order valence-electron chi connectivity index (χ2n) is 5.36. The highest BCUT2D eigenvalue weighted by atomic mass is 16.3. The van der Waals surface area contributed by atoms with Crippen molar-refractivity contribution in [1.29, 1.82) is 0 Å². The van der Waals surface area contributed by atoms with E-state index in [1.807, 2.05) is 13.8 Å². The Bertz CT molecular complexity index is 430.